The highest BCUT2D eigenvalue weighted by Gasteiger charge is 2.12. The lowest BCUT2D eigenvalue weighted by molar-refractivity contribution is -0.115. The van der Waals surface area contributed by atoms with Gasteiger partial charge in [-0.2, -0.15) is 9.78 Å². The van der Waals surface area contributed by atoms with Crippen LogP contribution >= 0.6 is 0 Å². The number of amides is 1. The maximum Gasteiger partial charge on any atom is 0.229 e. The first-order valence-corrected chi connectivity index (χ1v) is 9.11. The van der Waals surface area contributed by atoms with Crippen LogP contribution in [0.2, 0.25) is 0 Å². The Morgan fingerprint density at radius 3 is 2.36 bits per heavy atom. The molecule has 0 bridgehead atoms. The summed E-state index contributed by atoms with van der Waals surface area (Å²) in [4.78, 5) is 16.9. The molecule has 2 heterocycles. The van der Waals surface area contributed by atoms with Crippen molar-refractivity contribution in [3.8, 4) is 16.9 Å². The number of hydrogen-bond acceptors (Lipinski definition) is 3. The summed E-state index contributed by atoms with van der Waals surface area (Å²) < 4.78 is 1.64. The molecule has 138 valence electrons. The van der Waals surface area contributed by atoms with Gasteiger partial charge in [-0.25, -0.2) is 4.98 Å². The third-order valence-corrected chi connectivity index (χ3v) is 4.39. The number of hydrogen-bond donors (Lipinski definition) is 1. The van der Waals surface area contributed by atoms with Crippen molar-refractivity contribution in [2.75, 3.05) is 5.32 Å². The number of rotatable bonds is 5. The smallest absolute Gasteiger partial charge is 0.229 e. The summed E-state index contributed by atoms with van der Waals surface area (Å²) in [6.45, 7) is 1.89. The fourth-order valence-electron chi connectivity index (χ4n) is 3.06. The lowest BCUT2D eigenvalue weighted by Gasteiger charge is -2.09. The van der Waals surface area contributed by atoms with Crippen molar-refractivity contribution in [1.29, 1.82) is 0 Å². The molecule has 1 N–H and O–H groups in total. The molecule has 2 aromatic carbocycles. The van der Waals surface area contributed by atoms with Crippen molar-refractivity contribution >= 4 is 11.7 Å². The highest BCUT2D eigenvalue weighted by atomic mass is 16.1. The highest BCUT2D eigenvalue weighted by Crippen LogP contribution is 2.20. The van der Waals surface area contributed by atoms with Gasteiger partial charge < -0.3 is 5.32 Å². The van der Waals surface area contributed by atoms with Crippen molar-refractivity contribution in [2.24, 2.45) is 0 Å². The number of benzene rings is 2. The van der Waals surface area contributed by atoms with Crippen LogP contribution in [0.3, 0.4) is 0 Å². The molecule has 0 aliphatic carbocycles. The quantitative estimate of drug-likeness (QED) is 0.567. The van der Waals surface area contributed by atoms with E-state index in [9.17, 15) is 4.79 Å². The molecule has 5 nitrogen and oxygen atoms in total. The van der Waals surface area contributed by atoms with Crippen LogP contribution in [0.4, 0.5) is 5.82 Å². The van der Waals surface area contributed by atoms with Crippen LogP contribution in [0.25, 0.3) is 16.9 Å². The first-order valence-electron chi connectivity index (χ1n) is 9.11. The molecular weight excluding hydrogens is 348 g/mol. The van der Waals surface area contributed by atoms with Crippen LogP contribution in [0, 0.1) is 6.92 Å². The molecule has 2 aromatic heterocycles. The number of nitrogens with zero attached hydrogens (tertiary/aromatic N) is 3. The average Bonchev–Trinajstić information content (AvgIpc) is 3.10. The summed E-state index contributed by atoms with van der Waals surface area (Å²) in [6.07, 6.45) is 1.99. The number of carbonyl (C=O) groups excluding carboxylic acids is 1. The summed E-state index contributed by atoms with van der Waals surface area (Å²) in [7, 11) is 0. The van der Waals surface area contributed by atoms with E-state index in [-0.39, 0.29) is 5.91 Å². The van der Waals surface area contributed by atoms with E-state index in [0.717, 1.165) is 22.4 Å². The zero-order chi connectivity index (χ0) is 19.3. The molecule has 1 amide bonds. The van der Waals surface area contributed by atoms with Gasteiger partial charge in [-0.1, -0.05) is 60.7 Å². The van der Waals surface area contributed by atoms with Crippen LogP contribution < -0.4 is 5.32 Å². The summed E-state index contributed by atoms with van der Waals surface area (Å²) in [5.74, 6) is 1.18. The Hall–Kier alpha value is -3.73. The second-order valence-corrected chi connectivity index (χ2v) is 6.56. The van der Waals surface area contributed by atoms with Crippen molar-refractivity contribution in [3.05, 3.63) is 96.3 Å². The Morgan fingerprint density at radius 2 is 1.64 bits per heavy atom. The van der Waals surface area contributed by atoms with Gasteiger partial charge in [0.15, 0.2) is 5.82 Å². The number of pyridine rings is 1. The molecule has 0 saturated carbocycles. The Balaban J connectivity index is 1.47. The lowest BCUT2D eigenvalue weighted by atomic mass is 10.0. The van der Waals surface area contributed by atoms with Gasteiger partial charge in [-0.05, 0) is 35.7 Å². The van der Waals surface area contributed by atoms with E-state index in [0.29, 0.717) is 18.1 Å². The van der Waals surface area contributed by atoms with E-state index in [2.05, 4.69) is 27.5 Å². The van der Waals surface area contributed by atoms with Gasteiger partial charge in [0.2, 0.25) is 5.91 Å². The van der Waals surface area contributed by atoms with Gasteiger partial charge in [0.25, 0.3) is 0 Å². The number of aromatic nitrogens is 3. The fraction of sp³-hybridized carbons (Fsp3) is 0.0870. The Labute approximate surface area is 163 Å². The Kier molecular flexibility index (Phi) is 4.97. The minimum atomic E-state index is -0.0930. The van der Waals surface area contributed by atoms with E-state index >= 15 is 0 Å². The monoisotopic (exact) mass is 368 g/mol. The number of nitrogens with one attached hydrogen (secondary N) is 1. The standard InChI is InChI=1S/C23H20N4O/c1-17-15-22(27(26-17)21-9-5-6-14-24-21)25-23(28)16-18-10-12-20(13-11-18)19-7-3-2-4-8-19/h2-15H,16H2,1H3,(H,25,28). The van der Waals surface area contributed by atoms with Crippen molar-refractivity contribution < 1.29 is 4.79 Å². The maximum absolute atomic E-state index is 12.6. The molecule has 4 rings (SSSR count). The second-order valence-electron chi connectivity index (χ2n) is 6.56. The summed E-state index contributed by atoms with van der Waals surface area (Å²) in [5.41, 5.74) is 4.06. The van der Waals surface area contributed by atoms with E-state index in [4.69, 9.17) is 0 Å². The van der Waals surface area contributed by atoms with Crippen molar-refractivity contribution in [1.82, 2.24) is 14.8 Å². The first kappa shape index (κ1) is 17.7. The van der Waals surface area contributed by atoms with Crippen LogP contribution in [-0.4, -0.2) is 20.7 Å². The average molecular weight is 368 g/mol. The van der Waals surface area contributed by atoms with Crippen LogP contribution in [-0.2, 0) is 11.2 Å². The number of aryl methyl sites for hydroxylation is 1. The molecule has 0 fully saturated rings. The zero-order valence-corrected chi connectivity index (χ0v) is 15.5. The molecule has 4 aromatic rings. The first-order chi connectivity index (χ1) is 13.7. The topological polar surface area (TPSA) is 59.8 Å². The predicted octanol–water partition coefficient (Wildman–Crippen LogP) is 4.42. The molecule has 0 radical (unpaired) electrons. The van der Waals surface area contributed by atoms with E-state index in [1.807, 2.05) is 73.7 Å². The number of carbonyl (C=O) groups is 1. The van der Waals surface area contributed by atoms with Gasteiger partial charge in [0.1, 0.15) is 5.82 Å². The van der Waals surface area contributed by atoms with Crippen LogP contribution in [0.5, 0.6) is 0 Å². The fourth-order valence-corrected chi connectivity index (χ4v) is 3.06. The normalized spacial score (nSPS) is 10.6. The van der Waals surface area contributed by atoms with Crippen LogP contribution in [0.1, 0.15) is 11.3 Å². The summed E-state index contributed by atoms with van der Waals surface area (Å²) >= 11 is 0. The molecular formula is C23H20N4O. The SMILES string of the molecule is Cc1cc(NC(=O)Cc2ccc(-c3ccccc3)cc2)n(-c2ccccn2)n1. The summed E-state index contributed by atoms with van der Waals surface area (Å²) in [5, 5.41) is 7.37. The van der Waals surface area contributed by atoms with E-state index in [1.54, 1.807) is 10.9 Å². The lowest BCUT2D eigenvalue weighted by Crippen LogP contribution is -2.17. The van der Waals surface area contributed by atoms with Gasteiger partial charge in [-0.15, -0.1) is 0 Å². The Bertz CT molecular complexity index is 1070. The zero-order valence-electron chi connectivity index (χ0n) is 15.5. The molecule has 0 saturated heterocycles. The van der Waals surface area contributed by atoms with Gasteiger partial charge in [0.05, 0.1) is 12.1 Å². The van der Waals surface area contributed by atoms with Gasteiger partial charge in [-0.3, -0.25) is 4.79 Å². The highest BCUT2D eigenvalue weighted by molar-refractivity contribution is 5.91. The van der Waals surface area contributed by atoms with Gasteiger partial charge in [0, 0.05) is 12.3 Å². The largest absolute Gasteiger partial charge is 0.310 e. The van der Waals surface area contributed by atoms with E-state index < -0.39 is 0 Å². The third kappa shape index (κ3) is 3.99. The van der Waals surface area contributed by atoms with Crippen LogP contribution in [0.15, 0.2) is 85.1 Å². The molecule has 5 heteroatoms. The van der Waals surface area contributed by atoms with Crippen molar-refractivity contribution in [2.45, 2.75) is 13.3 Å². The summed E-state index contributed by atoms with van der Waals surface area (Å²) in [6, 6.07) is 25.7. The van der Waals surface area contributed by atoms with Crippen molar-refractivity contribution in [3.63, 3.8) is 0 Å². The third-order valence-electron chi connectivity index (χ3n) is 4.39. The van der Waals surface area contributed by atoms with Gasteiger partial charge >= 0.3 is 0 Å². The molecule has 0 aliphatic heterocycles. The minimum Gasteiger partial charge on any atom is -0.310 e. The molecule has 0 spiro atoms. The molecule has 28 heavy (non-hydrogen) atoms. The second kappa shape index (κ2) is 7.88. The maximum atomic E-state index is 12.6. The molecule has 0 aliphatic rings. The molecule has 0 atom stereocenters. The van der Waals surface area contributed by atoms with E-state index in [1.165, 1.54) is 0 Å². The predicted molar refractivity (Wildman–Crippen MR) is 110 cm³/mol. The minimum absolute atomic E-state index is 0.0930. The molecule has 0 unspecified atom stereocenters. The Morgan fingerprint density at radius 1 is 0.929 bits per heavy atom. The number of anilines is 1.